The second-order valence-corrected chi connectivity index (χ2v) is 5.69. The van der Waals surface area contributed by atoms with E-state index in [0.29, 0.717) is 6.42 Å². The second-order valence-electron chi connectivity index (χ2n) is 5.69. The fourth-order valence-corrected chi connectivity index (χ4v) is 2.86. The number of fused-ring (bicyclic) bond motifs is 1. The van der Waals surface area contributed by atoms with Crippen LogP contribution in [0.4, 0.5) is 0 Å². The number of aliphatic hydroxyl groups excluding tert-OH is 1. The van der Waals surface area contributed by atoms with E-state index in [-0.39, 0.29) is 12.3 Å². The normalized spacial score (nSPS) is 17.6. The number of carbonyl (C=O) groups is 1. The Balaban J connectivity index is 2.02. The molecule has 0 saturated heterocycles. The Bertz CT molecular complexity index is 453. The summed E-state index contributed by atoms with van der Waals surface area (Å²) in [6, 6.07) is 6.21. The summed E-state index contributed by atoms with van der Waals surface area (Å²) in [4.78, 5) is 10.6. The first kappa shape index (κ1) is 14.1. The van der Waals surface area contributed by atoms with Crippen LogP contribution in [-0.4, -0.2) is 16.2 Å². The van der Waals surface area contributed by atoms with E-state index in [0.717, 1.165) is 18.4 Å². The highest BCUT2D eigenvalue weighted by molar-refractivity contribution is 5.66. The molecule has 2 rings (SSSR count). The molecule has 0 spiro atoms. The number of carboxylic acid groups (broad SMARTS) is 1. The van der Waals surface area contributed by atoms with E-state index in [9.17, 15) is 9.90 Å². The maximum absolute atomic E-state index is 10.6. The van der Waals surface area contributed by atoms with Crippen LogP contribution in [0.2, 0.25) is 0 Å². The van der Waals surface area contributed by atoms with E-state index in [1.165, 1.54) is 24.0 Å². The zero-order valence-electron chi connectivity index (χ0n) is 11.4. The molecule has 2 atom stereocenters. The standard InChI is InChI=1S/C16H22O3/c1-11(9-16(18)19)8-15(17)14-7-6-12-4-2-3-5-13(12)10-14/h6-7,10-11,15,17H,2-5,8-9H2,1H3,(H,18,19). The highest BCUT2D eigenvalue weighted by Crippen LogP contribution is 2.28. The van der Waals surface area contributed by atoms with Gasteiger partial charge in [0, 0.05) is 6.42 Å². The van der Waals surface area contributed by atoms with E-state index in [1.807, 2.05) is 13.0 Å². The van der Waals surface area contributed by atoms with Crippen molar-refractivity contribution in [2.45, 2.75) is 51.6 Å². The van der Waals surface area contributed by atoms with Gasteiger partial charge in [-0.15, -0.1) is 0 Å². The van der Waals surface area contributed by atoms with E-state index >= 15 is 0 Å². The summed E-state index contributed by atoms with van der Waals surface area (Å²) in [5.74, 6) is -0.811. The third-order valence-electron chi connectivity index (χ3n) is 3.91. The second kappa shape index (κ2) is 6.20. The smallest absolute Gasteiger partial charge is 0.303 e. The zero-order valence-corrected chi connectivity index (χ0v) is 11.4. The summed E-state index contributed by atoms with van der Waals surface area (Å²) in [5, 5.41) is 19.0. The Hall–Kier alpha value is -1.35. The number of aryl methyl sites for hydroxylation is 2. The minimum Gasteiger partial charge on any atom is -0.481 e. The van der Waals surface area contributed by atoms with Gasteiger partial charge in [0.25, 0.3) is 0 Å². The minimum absolute atomic E-state index is 0.0106. The van der Waals surface area contributed by atoms with E-state index in [1.54, 1.807) is 0 Å². The summed E-state index contributed by atoms with van der Waals surface area (Å²) in [5.41, 5.74) is 3.69. The molecule has 0 aliphatic heterocycles. The first-order valence-corrected chi connectivity index (χ1v) is 7.08. The lowest BCUT2D eigenvalue weighted by Gasteiger charge is -2.20. The number of hydrogen-bond donors (Lipinski definition) is 2. The van der Waals surface area contributed by atoms with E-state index in [4.69, 9.17) is 5.11 Å². The summed E-state index contributed by atoms with van der Waals surface area (Å²) >= 11 is 0. The fraction of sp³-hybridized carbons (Fsp3) is 0.562. The Morgan fingerprint density at radius 2 is 1.95 bits per heavy atom. The Morgan fingerprint density at radius 3 is 2.63 bits per heavy atom. The fourth-order valence-electron chi connectivity index (χ4n) is 2.86. The molecule has 2 unspecified atom stereocenters. The number of rotatable bonds is 5. The summed E-state index contributed by atoms with van der Waals surface area (Å²) in [7, 11) is 0. The molecule has 104 valence electrons. The average molecular weight is 262 g/mol. The lowest BCUT2D eigenvalue weighted by molar-refractivity contribution is -0.138. The maximum atomic E-state index is 10.6. The molecule has 0 heterocycles. The van der Waals surface area contributed by atoms with Crippen LogP contribution in [0.15, 0.2) is 18.2 Å². The van der Waals surface area contributed by atoms with Gasteiger partial charge in [0.2, 0.25) is 0 Å². The Kier molecular flexibility index (Phi) is 4.59. The lowest BCUT2D eigenvalue weighted by Crippen LogP contribution is -2.10. The lowest BCUT2D eigenvalue weighted by atomic mass is 9.88. The van der Waals surface area contributed by atoms with Gasteiger partial charge in [0.05, 0.1) is 6.10 Å². The predicted octanol–water partition coefficient (Wildman–Crippen LogP) is 3.10. The molecule has 1 aromatic rings. The van der Waals surface area contributed by atoms with Crippen LogP contribution in [0, 0.1) is 5.92 Å². The molecule has 1 aliphatic carbocycles. The molecule has 0 bridgehead atoms. The minimum atomic E-state index is -0.801. The molecular weight excluding hydrogens is 240 g/mol. The third kappa shape index (κ3) is 3.80. The van der Waals surface area contributed by atoms with Crippen molar-refractivity contribution in [1.29, 1.82) is 0 Å². The largest absolute Gasteiger partial charge is 0.481 e. The number of carboxylic acids is 1. The summed E-state index contributed by atoms with van der Waals surface area (Å²) in [6.45, 7) is 1.87. The van der Waals surface area contributed by atoms with Crippen molar-refractivity contribution in [3.8, 4) is 0 Å². The zero-order chi connectivity index (χ0) is 13.8. The highest BCUT2D eigenvalue weighted by Gasteiger charge is 2.17. The summed E-state index contributed by atoms with van der Waals surface area (Å²) < 4.78 is 0. The van der Waals surface area contributed by atoms with Gasteiger partial charge in [-0.3, -0.25) is 4.79 Å². The predicted molar refractivity (Wildman–Crippen MR) is 74.1 cm³/mol. The number of aliphatic carboxylic acids is 1. The molecule has 0 saturated carbocycles. The molecule has 2 N–H and O–H groups in total. The van der Waals surface area contributed by atoms with Gasteiger partial charge in [-0.05, 0) is 54.7 Å². The highest BCUT2D eigenvalue weighted by atomic mass is 16.4. The SMILES string of the molecule is CC(CC(=O)O)CC(O)c1ccc2c(c1)CCCC2. The van der Waals surface area contributed by atoms with Crippen molar-refractivity contribution in [1.82, 2.24) is 0 Å². The maximum Gasteiger partial charge on any atom is 0.303 e. The van der Waals surface area contributed by atoms with Crippen LogP contribution >= 0.6 is 0 Å². The molecule has 0 amide bonds. The summed E-state index contributed by atoms with van der Waals surface area (Å²) in [6.07, 6.45) is 4.78. The Morgan fingerprint density at radius 1 is 1.26 bits per heavy atom. The van der Waals surface area contributed by atoms with Gasteiger partial charge >= 0.3 is 5.97 Å². The van der Waals surface area contributed by atoms with E-state index < -0.39 is 12.1 Å². The van der Waals surface area contributed by atoms with Crippen LogP contribution in [0.3, 0.4) is 0 Å². The topological polar surface area (TPSA) is 57.5 Å². The number of aliphatic hydroxyl groups is 1. The molecule has 1 aliphatic rings. The van der Waals surface area contributed by atoms with Crippen molar-refractivity contribution < 1.29 is 15.0 Å². The quantitative estimate of drug-likeness (QED) is 0.857. The molecule has 0 aromatic heterocycles. The van der Waals surface area contributed by atoms with Gasteiger partial charge in [0.1, 0.15) is 0 Å². The Labute approximate surface area is 114 Å². The molecule has 3 heteroatoms. The van der Waals surface area contributed by atoms with Crippen molar-refractivity contribution in [2.24, 2.45) is 5.92 Å². The first-order chi connectivity index (χ1) is 9.06. The monoisotopic (exact) mass is 262 g/mol. The molecule has 0 fully saturated rings. The van der Waals surface area contributed by atoms with Crippen LogP contribution < -0.4 is 0 Å². The number of benzene rings is 1. The van der Waals surface area contributed by atoms with Gasteiger partial charge < -0.3 is 10.2 Å². The van der Waals surface area contributed by atoms with Crippen LogP contribution in [-0.2, 0) is 17.6 Å². The van der Waals surface area contributed by atoms with Crippen LogP contribution in [0.25, 0.3) is 0 Å². The van der Waals surface area contributed by atoms with Gasteiger partial charge in [-0.25, -0.2) is 0 Å². The number of hydrogen-bond acceptors (Lipinski definition) is 2. The average Bonchev–Trinajstić information content (AvgIpc) is 2.37. The van der Waals surface area contributed by atoms with Gasteiger partial charge in [-0.2, -0.15) is 0 Å². The molecule has 1 aromatic carbocycles. The molecule has 0 radical (unpaired) electrons. The van der Waals surface area contributed by atoms with Crippen LogP contribution in [0.1, 0.15) is 55.4 Å². The first-order valence-electron chi connectivity index (χ1n) is 7.08. The van der Waals surface area contributed by atoms with Crippen LogP contribution in [0.5, 0.6) is 0 Å². The van der Waals surface area contributed by atoms with Crippen molar-refractivity contribution >= 4 is 5.97 Å². The molecule has 19 heavy (non-hydrogen) atoms. The van der Waals surface area contributed by atoms with Crippen molar-refractivity contribution in [2.75, 3.05) is 0 Å². The molecule has 3 nitrogen and oxygen atoms in total. The van der Waals surface area contributed by atoms with Crippen molar-refractivity contribution in [3.05, 3.63) is 34.9 Å². The molecular formula is C16H22O3. The van der Waals surface area contributed by atoms with Gasteiger partial charge in [0.15, 0.2) is 0 Å². The third-order valence-corrected chi connectivity index (χ3v) is 3.91. The van der Waals surface area contributed by atoms with Crippen molar-refractivity contribution in [3.63, 3.8) is 0 Å². The van der Waals surface area contributed by atoms with E-state index in [2.05, 4.69) is 12.1 Å². The van der Waals surface area contributed by atoms with Gasteiger partial charge in [-0.1, -0.05) is 25.1 Å².